The highest BCUT2D eigenvalue weighted by atomic mass is 16.1. The summed E-state index contributed by atoms with van der Waals surface area (Å²) in [4.78, 5) is 17.3. The maximum atomic E-state index is 12.5. The van der Waals surface area contributed by atoms with E-state index in [0.29, 0.717) is 17.8 Å². The lowest BCUT2D eigenvalue weighted by atomic mass is 9.99. The molecule has 0 aromatic carbocycles. The first kappa shape index (κ1) is 21.9. The summed E-state index contributed by atoms with van der Waals surface area (Å²) in [5.41, 5.74) is 8.13. The van der Waals surface area contributed by atoms with Gasteiger partial charge in [-0.3, -0.25) is 9.48 Å². The van der Waals surface area contributed by atoms with Gasteiger partial charge in [0.1, 0.15) is 0 Å². The minimum absolute atomic E-state index is 0.0471. The molecule has 164 valence electrons. The second-order valence-electron chi connectivity index (χ2n) is 8.41. The van der Waals surface area contributed by atoms with Crippen molar-refractivity contribution in [3.63, 3.8) is 0 Å². The number of hydrogen-bond donors (Lipinski definition) is 0. The topological polar surface area (TPSA) is 47.8 Å². The van der Waals surface area contributed by atoms with Gasteiger partial charge in [-0.15, -0.1) is 0 Å². The molecule has 0 spiro atoms. The van der Waals surface area contributed by atoms with E-state index in [-0.39, 0.29) is 5.78 Å². The summed E-state index contributed by atoms with van der Waals surface area (Å²) in [6.07, 6.45) is 21.6. The van der Waals surface area contributed by atoms with Crippen molar-refractivity contribution in [2.24, 2.45) is 0 Å². The largest absolute Gasteiger partial charge is 0.294 e. The van der Waals surface area contributed by atoms with Crippen LogP contribution in [0.1, 0.15) is 68.2 Å². The van der Waals surface area contributed by atoms with E-state index in [1.54, 1.807) is 6.92 Å². The lowest BCUT2D eigenvalue weighted by Crippen LogP contribution is -2.05. The summed E-state index contributed by atoms with van der Waals surface area (Å²) < 4.78 is 1.99. The van der Waals surface area contributed by atoms with Gasteiger partial charge in [0.15, 0.2) is 11.4 Å². The molecule has 0 radical (unpaired) electrons. The van der Waals surface area contributed by atoms with Crippen molar-refractivity contribution in [2.75, 3.05) is 0 Å². The van der Waals surface area contributed by atoms with E-state index in [2.05, 4.69) is 55.5 Å². The first-order valence-corrected chi connectivity index (χ1v) is 11.5. The lowest BCUT2D eigenvalue weighted by molar-refractivity contribution is 0.101. The molecule has 4 nitrogen and oxygen atoms in total. The van der Waals surface area contributed by atoms with Gasteiger partial charge in [0.2, 0.25) is 0 Å². The number of Topliss-reactive ketones (excluding diaryl/α,β-unsaturated/α-hetero) is 1. The molecule has 2 heterocycles. The minimum Gasteiger partial charge on any atom is -0.294 e. The Hall–Kier alpha value is -3.27. The molecule has 0 fully saturated rings. The second-order valence-corrected chi connectivity index (χ2v) is 8.41. The van der Waals surface area contributed by atoms with E-state index in [1.165, 1.54) is 16.7 Å². The molecular formula is C28H31N3O. The first-order valence-electron chi connectivity index (χ1n) is 11.5. The number of pyridine rings is 1. The van der Waals surface area contributed by atoms with E-state index in [0.717, 1.165) is 48.0 Å². The predicted molar refractivity (Wildman–Crippen MR) is 133 cm³/mol. The highest BCUT2D eigenvalue weighted by Gasteiger charge is 2.18. The Morgan fingerprint density at radius 2 is 1.97 bits per heavy atom. The SMILES string of the molecule is C/C=C(\CC)c1cc(C(C)=O)c2c(C)n(CC3=CC=C(C4=CCCC=C4)C=CC3)nc2n1. The van der Waals surface area contributed by atoms with Crippen LogP contribution in [0.3, 0.4) is 0 Å². The van der Waals surface area contributed by atoms with Crippen molar-refractivity contribution >= 4 is 22.4 Å². The molecule has 2 aromatic rings. The molecule has 0 N–H and O–H groups in total. The Morgan fingerprint density at radius 3 is 2.66 bits per heavy atom. The van der Waals surface area contributed by atoms with Gasteiger partial charge in [0.05, 0.1) is 17.6 Å². The van der Waals surface area contributed by atoms with Gasteiger partial charge in [-0.05, 0) is 74.8 Å². The van der Waals surface area contributed by atoms with E-state index in [9.17, 15) is 4.79 Å². The number of allylic oxidation sites excluding steroid dienone is 12. The maximum absolute atomic E-state index is 12.5. The summed E-state index contributed by atoms with van der Waals surface area (Å²) in [6, 6.07) is 1.93. The van der Waals surface area contributed by atoms with Gasteiger partial charge in [-0.2, -0.15) is 5.10 Å². The summed E-state index contributed by atoms with van der Waals surface area (Å²) >= 11 is 0. The number of ketones is 1. The van der Waals surface area contributed by atoms with Crippen LogP contribution in [0.4, 0.5) is 0 Å². The fourth-order valence-electron chi connectivity index (χ4n) is 4.41. The smallest absolute Gasteiger partial charge is 0.182 e. The monoisotopic (exact) mass is 425 g/mol. The third-order valence-electron chi connectivity index (χ3n) is 6.26. The standard InChI is InChI=1S/C28H31N3O/c1-5-22(6-2)26-17-25(20(4)32)27-19(3)31(30-28(27)29-26)18-21-11-10-14-24(16-15-21)23-12-8-7-9-13-23/h5,8,10,12-17H,6-7,9,11,18H2,1-4H3/b22-5+. The fourth-order valence-corrected chi connectivity index (χ4v) is 4.41. The number of nitrogens with zero attached hydrogens (tertiary/aromatic N) is 3. The minimum atomic E-state index is 0.0471. The summed E-state index contributed by atoms with van der Waals surface area (Å²) in [7, 11) is 0. The molecule has 2 aliphatic carbocycles. The lowest BCUT2D eigenvalue weighted by Gasteiger charge is -2.07. The predicted octanol–water partition coefficient (Wildman–Crippen LogP) is 6.84. The zero-order chi connectivity index (χ0) is 22.7. The Morgan fingerprint density at radius 1 is 1.16 bits per heavy atom. The number of hydrogen-bond acceptors (Lipinski definition) is 3. The average Bonchev–Trinajstić information content (AvgIpc) is 2.96. The number of carbonyl (C=O) groups excluding carboxylic acids is 1. The van der Waals surface area contributed by atoms with Crippen molar-refractivity contribution < 1.29 is 4.79 Å². The second kappa shape index (κ2) is 9.47. The van der Waals surface area contributed by atoms with Crippen LogP contribution in [0.5, 0.6) is 0 Å². The molecule has 0 saturated carbocycles. The van der Waals surface area contributed by atoms with Crippen LogP contribution in [0.25, 0.3) is 16.6 Å². The Labute approximate surface area is 190 Å². The molecule has 32 heavy (non-hydrogen) atoms. The molecule has 0 bridgehead atoms. The van der Waals surface area contributed by atoms with Crippen LogP contribution in [-0.4, -0.2) is 20.5 Å². The van der Waals surface area contributed by atoms with E-state index < -0.39 is 0 Å². The van der Waals surface area contributed by atoms with Crippen molar-refractivity contribution in [3.8, 4) is 0 Å². The number of aryl methyl sites for hydroxylation is 1. The highest BCUT2D eigenvalue weighted by Crippen LogP contribution is 2.28. The van der Waals surface area contributed by atoms with Crippen LogP contribution in [0.15, 0.2) is 71.4 Å². The van der Waals surface area contributed by atoms with E-state index in [4.69, 9.17) is 10.1 Å². The van der Waals surface area contributed by atoms with E-state index in [1.807, 2.05) is 24.6 Å². The summed E-state index contributed by atoms with van der Waals surface area (Å²) in [5, 5.41) is 5.69. The molecule has 2 aromatic heterocycles. The fraction of sp³-hybridized carbons (Fsp3) is 0.321. The Bertz CT molecular complexity index is 1250. The zero-order valence-electron chi connectivity index (χ0n) is 19.5. The number of rotatable bonds is 6. The number of fused-ring (bicyclic) bond motifs is 1. The zero-order valence-corrected chi connectivity index (χ0v) is 19.5. The number of aromatic nitrogens is 3. The Kier molecular flexibility index (Phi) is 6.50. The molecule has 0 saturated heterocycles. The molecule has 4 heteroatoms. The molecular weight excluding hydrogens is 394 g/mol. The first-order chi connectivity index (χ1) is 15.5. The van der Waals surface area contributed by atoms with Crippen LogP contribution < -0.4 is 0 Å². The molecule has 4 rings (SSSR count). The number of carbonyl (C=O) groups is 1. The van der Waals surface area contributed by atoms with Gasteiger partial charge in [-0.25, -0.2) is 4.98 Å². The third kappa shape index (κ3) is 4.36. The summed E-state index contributed by atoms with van der Waals surface area (Å²) in [6.45, 7) is 8.45. The van der Waals surface area contributed by atoms with Crippen molar-refractivity contribution in [1.82, 2.24) is 14.8 Å². The van der Waals surface area contributed by atoms with Gasteiger partial charge >= 0.3 is 0 Å². The van der Waals surface area contributed by atoms with Crippen LogP contribution in [0, 0.1) is 6.92 Å². The Balaban J connectivity index is 1.71. The van der Waals surface area contributed by atoms with Crippen molar-refractivity contribution in [1.29, 1.82) is 0 Å². The molecule has 2 aliphatic rings. The van der Waals surface area contributed by atoms with Gasteiger partial charge < -0.3 is 0 Å². The van der Waals surface area contributed by atoms with Crippen LogP contribution in [0.2, 0.25) is 0 Å². The van der Waals surface area contributed by atoms with Gasteiger partial charge in [0.25, 0.3) is 0 Å². The van der Waals surface area contributed by atoms with Gasteiger partial charge in [-0.1, -0.05) is 55.5 Å². The average molecular weight is 426 g/mol. The molecule has 0 unspecified atom stereocenters. The van der Waals surface area contributed by atoms with Gasteiger partial charge in [0, 0.05) is 11.3 Å². The van der Waals surface area contributed by atoms with Crippen LogP contribution in [-0.2, 0) is 6.54 Å². The molecule has 0 amide bonds. The van der Waals surface area contributed by atoms with Crippen molar-refractivity contribution in [3.05, 3.63) is 88.3 Å². The molecule has 0 atom stereocenters. The van der Waals surface area contributed by atoms with Crippen LogP contribution >= 0.6 is 0 Å². The molecule has 0 aliphatic heterocycles. The van der Waals surface area contributed by atoms with Crippen molar-refractivity contribution in [2.45, 2.75) is 59.9 Å². The normalized spacial score (nSPS) is 16.6. The third-order valence-corrected chi connectivity index (χ3v) is 6.26. The highest BCUT2D eigenvalue weighted by molar-refractivity contribution is 6.07. The maximum Gasteiger partial charge on any atom is 0.182 e. The summed E-state index contributed by atoms with van der Waals surface area (Å²) in [5.74, 6) is 0.0471. The quantitative estimate of drug-likeness (QED) is 0.476. The van der Waals surface area contributed by atoms with E-state index >= 15 is 0 Å².